The fraction of sp³-hybridized carbons (Fsp3) is 0.125. The van der Waals surface area contributed by atoms with Crippen LogP contribution in [0.1, 0.15) is 17.4 Å². The first-order chi connectivity index (χ1) is 11.1. The Balaban J connectivity index is 1.93. The lowest BCUT2D eigenvalue weighted by Crippen LogP contribution is -2.17. The number of hydrogen-bond donors (Lipinski definition) is 1. The van der Waals surface area contributed by atoms with Crippen molar-refractivity contribution in [2.45, 2.75) is 6.04 Å². The molecule has 1 aromatic carbocycles. The molecule has 0 aliphatic heterocycles. The fourth-order valence-electron chi connectivity index (χ4n) is 2.33. The third kappa shape index (κ3) is 3.18. The summed E-state index contributed by atoms with van der Waals surface area (Å²) in [6, 6.07) is 12.7. The molecule has 0 aliphatic carbocycles. The second-order valence-corrected chi connectivity index (χ2v) is 5.04. The molecule has 0 bridgehead atoms. The minimum atomic E-state index is -0.468. The van der Waals surface area contributed by atoms with Gasteiger partial charge in [0.05, 0.1) is 4.92 Å². The molecule has 0 aliphatic rings. The van der Waals surface area contributed by atoms with Gasteiger partial charge in [0.15, 0.2) is 0 Å². The second-order valence-electron chi connectivity index (χ2n) is 5.04. The number of hydrogen-bond acceptors (Lipinski definition) is 5. The molecule has 1 atom stereocenters. The zero-order valence-corrected chi connectivity index (χ0v) is 12.5. The van der Waals surface area contributed by atoms with Crippen LogP contribution in [-0.4, -0.2) is 19.5 Å². The highest BCUT2D eigenvalue weighted by Gasteiger charge is 2.19. The highest BCUT2D eigenvalue weighted by atomic mass is 16.6. The Morgan fingerprint density at radius 3 is 2.52 bits per heavy atom. The van der Waals surface area contributed by atoms with Gasteiger partial charge in [0.25, 0.3) is 5.69 Å². The standard InChI is InChI=1S/C16H15N5O2/c1-20-10-9-17-16(20)15(12-5-3-2-4-6-12)19-14-8-7-13(11-18-14)21(22)23/h2-11,15H,1H3,(H,18,19). The van der Waals surface area contributed by atoms with Crippen LogP contribution < -0.4 is 5.32 Å². The monoisotopic (exact) mass is 309 g/mol. The second kappa shape index (κ2) is 6.27. The lowest BCUT2D eigenvalue weighted by molar-refractivity contribution is -0.385. The van der Waals surface area contributed by atoms with Gasteiger partial charge in [-0.05, 0) is 11.6 Å². The summed E-state index contributed by atoms with van der Waals surface area (Å²) in [5.74, 6) is 1.38. The molecule has 3 rings (SSSR count). The van der Waals surface area contributed by atoms with Gasteiger partial charge in [-0.25, -0.2) is 9.97 Å². The largest absolute Gasteiger partial charge is 0.356 e. The molecule has 7 heteroatoms. The van der Waals surface area contributed by atoms with Crippen LogP contribution in [-0.2, 0) is 7.05 Å². The smallest absolute Gasteiger partial charge is 0.287 e. The SMILES string of the molecule is Cn1ccnc1C(Nc1ccc([N+](=O)[O-])cn1)c1ccccc1. The van der Waals surface area contributed by atoms with E-state index in [1.807, 2.05) is 48.1 Å². The molecule has 23 heavy (non-hydrogen) atoms. The number of aryl methyl sites for hydroxylation is 1. The first-order valence-corrected chi connectivity index (χ1v) is 7.04. The summed E-state index contributed by atoms with van der Waals surface area (Å²) >= 11 is 0. The number of nitrogens with zero attached hydrogens (tertiary/aromatic N) is 4. The normalized spacial score (nSPS) is 11.9. The van der Waals surface area contributed by atoms with Gasteiger partial charge >= 0.3 is 0 Å². The summed E-state index contributed by atoms with van der Waals surface area (Å²) in [6.45, 7) is 0. The zero-order valence-electron chi connectivity index (χ0n) is 12.5. The van der Waals surface area contributed by atoms with Crippen LogP contribution >= 0.6 is 0 Å². The molecular formula is C16H15N5O2. The first-order valence-electron chi connectivity index (χ1n) is 7.04. The van der Waals surface area contributed by atoms with Crippen LogP contribution in [0.4, 0.5) is 11.5 Å². The molecule has 3 aromatic rings. The van der Waals surface area contributed by atoms with E-state index in [0.717, 1.165) is 11.4 Å². The molecule has 0 radical (unpaired) electrons. The summed E-state index contributed by atoms with van der Waals surface area (Å²) in [6.07, 6.45) is 4.84. The summed E-state index contributed by atoms with van der Waals surface area (Å²) in [5, 5.41) is 14.0. The van der Waals surface area contributed by atoms with Crippen molar-refractivity contribution >= 4 is 11.5 Å². The van der Waals surface area contributed by atoms with Crippen molar-refractivity contribution in [3.8, 4) is 0 Å². The van der Waals surface area contributed by atoms with Gasteiger partial charge in [-0.1, -0.05) is 30.3 Å². The van der Waals surface area contributed by atoms with Crippen molar-refractivity contribution in [3.63, 3.8) is 0 Å². The maximum Gasteiger partial charge on any atom is 0.287 e. The molecule has 0 spiro atoms. The molecule has 7 nitrogen and oxygen atoms in total. The maximum atomic E-state index is 10.7. The Hall–Kier alpha value is -3.22. The van der Waals surface area contributed by atoms with Crippen LogP contribution in [0.5, 0.6) is 0 Å². The van der Waals surface area contributed by atoms with Crippen molar-refractivity contribution in [2.75, 3.05) is 5.32 Å². The highest BCUT2D eigenvalue weighted by Crippen LogP contribution is 2.25. The molecule has 0 saturated carbocycles. The molecule has 0 fully saturated rings. The Labute approximate surface area is 132 Å². The third-order valence-corrected chi connectivity index (χ3v) is 3.50. The quantitative estimate of drug-likeness (QED) is 0.578. The van der Waals surface area contributed by atoms with E-state index < -0.39 is 4.92 Å². The third-order valence-electron chi connectivity index (χ3n) is 3.50. The summed E-state index contributed by atoms with van der Waals surface area (Å²) in [4.78, 5) is 18.8. The topological polar surface area (TPSA) is 85.9 Å². The summed E-state index contributed by atoms with van der Waals surface area (Å²) < 4.78 is 1.93. The van der Waals surface area contributed by atoms with Gasteiger partial charge in [0.2, 0.25) is 0 Å². The zero-order chi connectivity index (χ0) is 16.2. The van der Waals surface area contributed by atoms with E-state index in [-0.39, 0.29) is 11.7 Å². The summed E-state index contributed by atoms with van der Waals surface area (Å²) in [5.41, 5.74) is 0.991. The van der Waals surface area contributed by atoms with E-state index in [0.29, 0.717) is 5.82 Å². The highest BCUT2D eigenvalue weighted by molar-refractivity contribution is 5.44. The van der Waals surface area contributed by atoms with Crippen molar-refractivity contribution in [1.29, 1.82) is 0 Å². The van der Waals surface area contributed by atoms with Gasteiger partial charge in [-0.15, -0.1) is 0 Å². The van der Waals surface area contributed by atoms with E-state index in [4.69, 9.17) is 0 Å². The average molecular weight is 309 g/mol. The van der Waals surface area contributed by atoms with Crippen LogP contribution in [0, 0.1) is 10.1 Å². The van der Waals surface area contributed by atoms with Crippen molar-refractivity contribution in [1.82, 2.24) is 14.5 Å². The number of nitro groups is 1. The van der Waals surface area contributed by atoms with Crippen molar-refractivity contribution in [2.24, 2.45) is 7.05 Å². The Morgan fingerprint density at radius 2 is 1.96 bits per heavy atom. The average Bonchev–Trinajstić information content (AvgIpc) is 2.99. The molecule has 0 amide bonds. The van der Waals surface area contributed by atoms with Gasteiger partial charge in [-0.2, -0.15) is 0 Å². The Morgan fingerprint density at radius 1 is 1.17 bits per heavy atom. The fourth-order valence-corrected chi connectivity index (χ4v) is 2.33. The van der Waals surface area contributed by atoms with E-state index in [9.17, 15) is 10.1 Å². The van der Waals surface area contributed by atoms with E-state index in [2.05, 4.69) is 15.3 Å². The number of anilines is 1. The van der Waals surface area contributed by atoms with Crippen molar-refractivity contribution in [3.05, 3.63) is 82.6 Å². The maximum absolute atomic E-state index is 10.7. The number of aromatic nitrogens is 3. The number of nitrogens with one attached hydrogen (secondary N) is 1. The molecular weight excluding hydrogens is 294 g/mol. The van der Waals surface area contributed by atoms with Crippen LogP contribution in [0.3, 0.4) is 0 Å². The van der Waals surface area contributed by atoms with E-state index in [1.54, 1.807) is 12.3 Å². The van der Waals surface area contributed by atoms with Crippen molar-refractivity contribution < 1.29 is 4.92 Å². The van der Waals surface area contributed by atoms with Gasteiger partial charge in [0, 0.05) is 25.5 Å². The van der Waals surface area contributed by atoms with Gasteiger partial charge < -0.3 is 9.88 Å². The number of rotatable bonds is 5. The van der Waals surface area contributed by atoms with Gasteiger partial charge in [-0.3, -0.25) is 10.1 Å². The lowest BCUT2D eigenvalue weighted by Gasteiger charge is -2.19. The predicted molar refractivity (Wildman–Crippen MR) is 86.0 cm³/mol. The minimum absolute atomic E-state index is 0.0381. The van der Waals surface area contributed by atoms with Crippen LogP contribution in [0.25, 0.3) is 0 Å². The summed E-state index contributed by atoms with van der Waals surface area (Å²) in [7, 11) is 1.92. The van der Waals surface area contributed by atoms with Crippen LogP contribution in [0.2, 0.25) is 0 Å². The van der Waals surface area contributed by atoms with Crippen LogP contribution in [0.15, 0.2) is 61.1 Å². The number of imidazole rings is 1. The molecule has 0 saturated heterocycles. The lowest BCUT2D eigenvalue weighted by atomic mass is 10.1. The predicted octanol–water partition coefficient (Wildman–Crippen LogP) is 2.92. The van der Waals surface area contributed by atoms with E-state index in [1.165, 1.54) is 12.3 Å². The molecule has 2 aromatic heterocycles. The Kier molecular flexibility index (Phi) is 4.01. The molecule has 2 heterocycles. The van der Waals surface area contributed by atoms with E-state index >= 15 is 0 Å². The number of benzene rings is 1. The molecule has 1 unspecified atom stereocenters. The first kappa shape index (κ1) is 14.7. The Bertz CT molecular complexity index is 799. The molecule has 1 N–H and O–H groups in total. The minimum Gasteiger partial charge on any atom is -0.356 e. The van der Waals surface area contributed by atoms with Gasteiger partial charge in [0.1, 0.15) is 23.9 Å². The molecule has 116 valence electrons. The number of pyridine rings is 1.